The van der Waals surface area contributed by atoms with Crippen LogP contribution in [0.15, 0.2) is 23.8 Å². The van der Waals surface area contributed by atoms with E-state index in [1.54, 1.807) is 6.92 Å². The molecule has 0 radical (unpaired) electrons. The summed E-state index contributed by atoms with van der Waals surface area (Å²) in [5.41, 5.74) is 2.46. The molecule has 0 aromatic rings. The first-order valence-corrected chi connectivity index (χ1v) is 17.4. The van der Waals surface area contributed by atoms with E-state index in [1.165, 1.54) is 135 Å². The lowest BCUT2D eigenvalue weighted by atomic mass is 9.71. The molecule has 0 N–H and O–H groups in total. The number of nitrogens with zero attached hydrogens (tertiary/aromatic N) is 1. The molecule has 5 fully saturated rings. The minimum atomic E-state index is -0.199. The molecule has 0 heterocycles. The quantitative estimate of drug-likeness (QED) is 0.175. The van der Waals surface area contributed by atoms with Crippen LogP contribution >= 0.6 is 0 Å². The molecule has 5 saturated carbocycles. The van der Waals surface area contributed by atoms with E-state index in [0.29, 0.717) is 11.6 Å². The summed E-state index contributed by atoms with van der Waals surface area (Å²) in [6.45, 7) is 5.54. The van der Waals surface area contributed by atoms with E-state index >= 15 is 0 Å². The minimum Gasteiger partial charge on any atom is -0.459 e. The van der Waals surface area contributed by atoms with Crippen LogP contribution in [0.2, 0.25) is 0 Å². The van der Waals surface area contributed by atoms with Crippen LogP contribution in [0.5, 0.6) is 0 Å². The number of allylic oxidation sites excluding steroid dienone is 2. The Hall–Kier alpha value is -1.09. The maximum atomic E-state index is 12.1. The van der Waals surface area contributed by atoms with E-state index in [-0.39, 0.29) is 12.1 Å². The van der Waals surface area contributed by atoms with Gasteiger partial charge >= 0.3 is 5.97 Å². The number of ether oxygens (including phenoxy) is 1. The predicted octanol–water partition coefficient (Wildman–Crippen LogP) is 9.70. The molecule has 220 valence electrons. The molecule has 0 unspecified atom stereocenters. The van der Waals surface area contributed by atoms with Gasteiger partial charge in [-0.3, -0.25) is 4.90 Å². The Bertz CT molecular complexity index is 778. The number of carbonyl (C=O) groups excluding carboxylic acids is 1. The van der Waals surface area contributed by atoms with E-state index in [1.807, 2.05) is 5.57 Å². The van der Waals surface area contributed by atoms with Crippen molar-refractivity contribution in [1.29, 1.82) is 0 Å². The maximum Gasteiger partial charge on any atom is 0.333 e. The van der Waals surface area contributed by atoms with Gasteiger partial charge < -0.3 is 4.74 Å². The second kappa shape index (κ2) is 14.7. The van der Waals surface area contributed by atoms with Gasteiger partial charge in [-0.1, -0.05) is 76.0 Å². The molecule has 5 rings (SSSR count). The van der Waals surface area contributed by atoms with Crippen LogP contribution < -0.4 is 0 Å². The standard InChI is InChI=1S/C36H59NO2/c1-27(2)36(38)39-34-24-22-33(23-25-34)37(31-16-10-5-11-17-31)32-20-18-28(19-21-32)26-35(29-12-6-3-7-13-29)30-14-8-4-9-15-30/h26,28-34H,1,3-25H2,2H3. The number of carbonyl (C=O) groups is 1. The summed E-state index contributed by atoms with van der Waals surface area (Å²) >= 11 is 0. The molecule has 0 bridgehead atoms. The van der Waals surface area contributed by atoms with Crippen molar-refractivity contribution in [2.75, 3.05) is 0 Å². The fourth-order valence-electron chi connectivity index (χ4n) is 9.30. The van der Waals surface area contributed by atoms with Crippen LogP contribution in [-0.2, 0) is 9.53 Å². The Kier molecular flexibility index (Phi) is 11.1. The monoisotopic (exact) mass is 537 g/mol. The first-order valence-electron chi connectivity index (χ1n) is 17.4. The van der Waals surface area contributed by atoms with Gasteiger partial charge in [0.15, 0.2) is 0 Å². The van der Waals surface area contributed by atoms with Crippen molar-refractivity contribution in [3.63, 3.8) is 0 Å². The highest BCUT2D eigenvalue weighted by Gasteiger charge is 2.38. The van der Waals surface area contributed by atoms with E-state index in [9.17, 15) is 4.79 Å². The molecule has 0 atom stereocenters. The summed E-state index contributed by atoms with van der Waals surface area (Å²) in [7, 11) is 0. The molecule has 5 aliphatic rings. The van der Waals surface area contributed by atoms with Gasteiger partial charge in [-0.2, -0.15) is 0 Å². The highest BCUT2D eigenvalue weighted by molar-refractivity contribution is 5.87. The average molecular weight is 538 g/mol. The Labute approximate surface area is 240 Å². The Morgan fingerprint density at radius 3 is 1.54 bits per heavy atom. The lowest BCUT2D eigenvalue weighted by molar-refractivity contribution is -0.146. The van der Waals surface area contributed by atoms with E-state index < -0.39 is 0 Å². The summed E-state index contributed by atoms with van der Waals surface area (Å²) in [5.74, 6) is 2.44. The van der Waals surface area contributed by atoms with Crippen molar-refractivity contribution < 1.29 is 9.53 Å². The third-order valence-corrected chi connectivity index (χ3v) is 11.4. The van der Waals surface area contributed by atoms with Gasteiger partial charge in [0.2, 0.25) is 0 Å². The van der Waals surface area contributed by atoms with Gasteiger partial charge in [0, 0.05) is 23.7 Å². The molecule has 0 saturated heterocycles. The van der Waals surface area contributed by atoms with Crippen molar-refractivity contribution in [3.05, 3.63) is 23.8 Å². The van der Waals surface area contributed by atoms with Crippen molar-refractivity contribution in [3.8, 4) is 0 Å². The molecule has 0 aromatic carbocycles. The average Bonchev–Trinajstić information content (AvgIpc) is 2.99. The topological polar surface area (TPSA) is 29.5 Å². The van der Waals surface area contributed by atoms with Crippen molar-refractivity contribution in [1.82, 2.24) is 4.90 Å². The maximum absolute atomic E-state index is 12.1. The third-order valence-electron chi connectivity index (χ3n) is 11.4. The molecule has 3 nitrogen and oxygen atoms in total. The van der Waals surface area contributed by atoms with E-state index in [2.05, 4.69) is 17.6 Å². The van der Waals surface area contributed by atoms with Gasteiger partial charge in [-0.05, 0) is 115 Å². The van der Waals surface area contributed by atoms with Crippen LogP contribution in [-0.4, -0.2) is 35.1 Å². The zero-order chi connectivity index (χ0) is 27.0. The lowest BCUT2D eigenvalue weighted by Crippen LogP contribution is -2.52. The Morgan fingerprint density at radius 2 is 1.05 bits per heavy atom. The fourth-order valence-corrected chi connectivity index (χ4v) is 9.30. The molecular weight excluding hydrogens is 478 g/mol. The molecule has 5 aliphatic carbocycles. The van der Waals surface area contributed by atoms with Crippen molar-refractivity contribution >= 4 is 5.97 Å². The van der Waals surface area contributed by atoms with Crippen molar-refractivity contribution in [2.45, 2.75) is 179 Å². The molecular formula is C36H59NO2. The largest absolute Gasteiger partial charge is 0.459 e. The normalized spacial score (nSPS) is 32.1. The van der Waals surface area contributed by atoms with Crippen molar-refractivity contribution in [2.24, 2.45) is 17.8 Å². The SMILES string of the molecule is C=C(C)C(=O)OC1CCC(N(C2CCCCC2)C2CCC(C=C(C3CCCCC3)C3CCCCC3)CC2)CC1. The molecule has 39 heavy (non-hydrogen) atoms. The van der Waals surface area contributed by atoms with Crippen LogP contribution in [0.3, 0.4) is 0 Å². The Morgan fingerprint density at radius 1 is 0.615 bits per heavy atom. The molecule has 0 aliphatic heterocycles. The second-order valence-corrected chi connectivity index (χ2v) is 14.3. The lowest BCUT2D eigenvalue weighted by Gasteiger charge is -2.48. The fraction of sp³-hybridized carbons (Fsp3) is 0.861. The van der Waals surface area contributed by atoms with Gasteiger partial charge in [0.05, 0.1) is 0 Å². The van der Waals surface area contributed by atoms with Crippen LogP contribution in [0, 0.1) is 17.8 Å². The highest BCUT2D eigenvalue weighted by Crippen LogP contribution is 2.43. The van der Waals surface area contributed by atoms with Crippen LogP contribution in [0.4, 0.5) is 0 Å². The molecule has 0 aromatic heterocycles. The summed E-state index contributed by atoms with van der Waals surface area (Å²) in [6, 6.07) is 2.24. The molecule has 0 spiro atoms. The first kappa shape index (κ1) is 29.4. The number of esters is 1. The summed E-state index contributed by atoms with van der Waals surface area (Å²) < 4.78 is 5.76. The second-order valence-electron chi connectivity index (χ2n) is 14.3. The van der Waals surface area contributed by atoms with Gasteiger partial charge in [0.1, 0.15) is 6.10 Å². The third kappa shape index (κ3) is 8.02. The summed E-state index contributed by atoms with van der Waals surface area (Å²) in [5, 5.41) is 0. The van der Waals surface area contributed by atoms with Gasteiger partial charge in [-0.15, -0.1) is 0 Å². The zero-order valence-electron chi connectivity index (χ0n) is 25.4. The molecule has 0 amide bonds. The number of hydrogen-bond donors (Lipinski definition) is 0. The smallest absolute Gasteiger partial charge is 0.333 e. The number of hydrogen-bond acceptors (Lipinski definition) is 3. The van der Waals surface area contributed by atoms with Crippen LogP contribution in [0.25, 0.3) is 0 Å². The van der Waals surface area contributed by atoms with E-state index in [4.69, 9.17) is 4.74 Å². The van der Waals surface area contributed by atoms with Crippen LogP contribution in [0.1, 0.15) is 155 Å². The predicted molar refractivity (Wildman–Crippen MR) is 163 cm³/mol. The number of rotatable bonds is 8. The zero-order valence-corrected chi connectivity index (χ0v) is 25.4. The first-order chi connectivity index (χ1) is 19.1. The summed E-state index contributed by atoms with van der Waals surface area (Å²) in [6.07, 6.45) is 34.7. The minimum absolute atomic E-state index is 0.0949. The van der Waals surface area contributed by atoms with Gasteiger partial charge in [-0.25, -0.2) is 4.79 Å². The highest BCUT2D eigenvalue weighted by atomic mass is 16.5. The summed E-state index contributed by atoms with van der Waals surface area (Å²) in [4.78, 5) is 15.1. The van der Waals surface area contributed by atoms with E-state index in [0.717, 1.165) is 42.7 Å². The van der Waals surface area contributed by atoms with Gasteiger partial charge in [0.25, 0.3) is 0 Å². The Balaban J connectivity index is 1.22. The molecule has 3 heteroatoms.